The Kier molecular flexibility index (Phi) is 10.4. The molecular weight excluding hydrogens is 478 g/mol. The molecule has 0 amide bonds. The van der Waals surface area contributed by atoms with Crippen LogP contribution in [0.3, 0.4) is 0 Å². The first-order valence-electron chi connectivity index (χ1n) is 13.9. The molecule has 1 heterocycles. The number of carbonyl (C=O) groups excluding carboxylic acids is 1. The van der Waals surface area contributed by atoms with Crippen molar-refractivity contribution in [2.75, 3.05) is 6.61 Å². The molecule has 2 aromatic carbocycles. The largest absolute Gasteiger partial charge is 0.490 e. The quantitative estimate of drug-likeness (QED) is 0.175. The fourth-order valence-corrected chi connectivity index (χ4v) is 5.10. The first-order valence-corrected chi connectivity index (χ1v) is 13.9. The number of benzene rings is 2. The SMILES string of the molecule is CCCCCCCCc1ccc(OCC(Cn2c(C(C)(C)C)c(C(=O)O)c3ccccc32)OC(C)=O)cc1. The summed E-state index contributed by atoms with van der Waals surface area (Å²) >= 11 is 0. The van der Waals surface area contributed by atoms with Gasteiger partial charge >= 0.3 is 11.9 Å². The Bertz CT molecular complexity index is 1200. The molecule has 6 heteroatoms. The number of aromatic carboxylic acids is 1. The monoisotopic (exact) mass is 521 g/mol. The van der Waals surface area contributed by atoms with Gasteiger partial charge in [-0.1, -0.05) is 90.1 Å². The summed E-state index contributed by atoms with van der Waals surface area (Å²) in [6.07, 6.45) is 8.13. The van der Waals surface area contributed by atoms with Gasteiger partial charge < -0.3 is 19.1 Å². The van der Waals surface area contributed by atoms with Gasteiger partial charge in [0.2, 0.25) is 0 Å². The molecule has 1 unspecified atom stereocenters. The van der Waals surface area contributed by atoms with E-state index >= 15 is 0 Å². The molecule has 0 aliphatic carbocycles. The highest BCUT2D eigenvalue weighted by atomic mass is 16.6. The smallest absolute Gasteiger partial charge is 0.338 e. The van der Waals surface area contributed by atoms with Crippen LogP contribution in [0.1, 0.15) is 94.8 Å². The number of nitrogens with zero attached hydrogens (tertiary/aromatic N) is 1. The zero-order chi connectivity index (χ0) is 27.7. The predicted octanol–water partition coefficient (Wildman–Crippen LogP) is 7.55. The third-order valence-corrected chi connectivity index (χ3v) is 6.79. The van der Waals surface area contributed by atoms with Gasteiger partial charge in [-0.15, -0.1) is 0 Å². The van der Waals surface area contributed by atoms with Crippen molar-refractivity contribution in [3.05, 3.63) is 65.4 Å². The number of unbranched alkanes of at least 4 members (excludes halogenated alkanes) is 5. The third-order valence-electron chi connectivity index (χ3n) is 6.79. The molecule has 0 fully saturated rings. The van der Waals surface area contributed by atoms with Crippen molar-refractivity contribution in [2.24, 2.45) is 0 Å². The van der Waals surface area contributed by atoms with Gasteiger partial charge in [0.25, 0.3) is 0 Å². The maximum absolute atomic E-state index is 12.3. The van der Waals surface area contributed by atoms with Crippen LogP contribution in [0.2, 0.25) is 0 Å². The number of rotatable bonds is 14. The second-order valence-electron chi connectivity index (χ2n) is 11.1. The maximum atomic E-state index is 12.3. The molecule has 3 aromatic rings. The highest BCUT2D eigenvalue weighted by Crippen LogP contribution is 2.35. The second kappa shape index (κ2) is 13.5. The summed E-state index contributed by atoms with van der Waals surface area (Å²) in [5.41, 5.74) is 2.63. The number of carboxylic acids is 1. The molecule has 38 heavy (non-hydrogen) atoms. The van der Waals surface area contributed by atoms with E-state index in [0.29, 0.717) is 16.8 Å². The molecule has 0 spiro atoms. The van der Waals surface area contributed by atoms with Gasteiger partial charge in [0, 0.05) is 28.9 Å². The van der Waals surface area contributed by atoms with E-state index in [1.54, 1.807) is 0 Å². The Hall–Kier alpha value is -3.28. The number of aryl methyl sites for hydroxylation is 1. The van der Waals surface area contributed by atoms with Crippen LogP contribution in [0, 0.1) is 0 Å². The molecule has 0 aliphatic heterocycles. The summed E-state index contributed by atoms with van der Waals surface area (Å²) < 4.78 is 13.7. The zero-order valence-electron chi connectivity index (χ0n) is 23.6. The minimum Gasteiger partial charge on any atom is -0.490 e. The molecule has 1 atom stereocenters. The zero-order valence-corrected chi connectivity index (χ0v) is 23.6. The van der Waals surface area contributed by atoms with Gasteiger partial charge in [-0.2, -0.15) is 0 Å². The van der Waals surface area contributed by atoms with Crippen molar-refractivity contribution >= 4 is 22.8 Å². The number of aromatic nitrogens is 1. The van der Waals surface area contributed by atoms with Crippen molar-refractivity contribution in [3.8, 4) is 5.75 Å². The maximum Gasteiger partial charge on any atom is 0.338 e. The lowest BCUT2D eigenvalue weighted by Crippen LogP contribution is -2.31. The fraction of sp³-hybridized carbons (Fsp3) is 0.500. The fourth-order valence-electron chi connectivity index (χ4n) is 5.10. The summed E-state index contributed by atoms with van der Waals surface area (Å²) in [5.74, 6) is -0.653. The first-order chi connectivity index (χ1) is 18.1. The summed E-state index contributed by atoms with van der Waals surface area (Å²) in [5, 5.41) is 10.7. The average molecular weight is 522 g/mol. The molecule has 0 saturated heterocycles. The molecule has 6 nitrogen and oxygen atoms in total. The van der Waals surface area contributed by atoms with Crippen LogP contribution < -0.4 is 4.74 Å². The Morgan fingerprint density at radius 1 is 0.947 bits per heavy atom. The Morgan fingerprint density at radius 3 is 2.24 bits per heavy atom. The lowest BCUT2D eigenvalue weighted by molar-refractivity contribution is -0.148. The summed E-state index contributed by atoms with van der Waals surface area (Å²) in [4.78, 5) is 24.3. The average Bonchev–Trinajstić information content (AvgIpc) is 3.20. The van der Waals surface area contributed by atoms with Gasteiger partial charge in [-0.3, -0.25) is 4.79 Å². The van der Waals surface area contributed by atoms with Crippen LogP contribution in [0.5, 0.6) is 5.75 Å². The minimum atomic E-state index is -0.966. The molecule has 206 valence electrons. The number of fused-ring (bicyclic) bond motifs is 1. The van der Waals surface area contributed by atoms with Gasteiger partial charge in [-0.05, 0) is 36.6 Å². The van der Waals surface area contributed by atoms with Crippen molar-refractivity contribution < 1.29 is 24.2 Å². The number of hydrogen-bond acceptors (Lipinski definition) is 4. The molecule has 0 saturated carbocycles. The van der Waals surface area contributed by atoms with E-state index in [4.69, 9.17) is 9.47 Å². The summed E-state index contributed by atoms with van der Waals surface area (Å²) in [6, 6.07) is 15.6. The van der Waals surface area contributed by atoms with E-state index in [0.717, 1.165) is 11.9 Å². The number of esters is 1. The molecule has 1 aromatic heterocycles. The van der Waals surface area contributed by atoms with Crippen LogP contribution in [-0.4, -0.2) is 34.3 Å². The lowest BCUT2D eigenvalue weighted by Gasteiger charge is -2.26. The molecule has 3 rings (SSSR count). The normalized spacial score (nSPS) is 12.4. The predicted molar refractivity (Wildman–Crippen MR) is 152 cm³/mol. The third kappa shape index (κ3) is 7.86. The van der Waals surface area contributed by atoms with Gasteiger partial charge in [0.15, 0.2) is 6.10 Å². The van der Waals surface area contributed by atoms with Crippen molar-refractivity contribution in [1.29, 1.82) is 0 Å². The minimum absolute atomic E-state index is 0.162. The van der Waals surface area contributed by atoms with Crippen molar-refractivity contribution in [2.45, 2.75) is 97.6 Å². The number of carbonyl (C=O) groups is 2. The van der Waals surface area contributed by atoms with Crippen LogP contribution in [0.4, 0.5) is 0 Å². The molecule has 0 radical (unpaired) electrons. The van der Waals surface area contributed by atoms with E-state index in [2.05, 4.69) is 19.1 Å². The van der Waals surface area contributed by atoms with Gasteiger partial charge in [0.05, 0.1) is 12.1 Å². The standard InChI is InChI=1S/C32H43NO5/c1-6-7-8-9-10-11-14-24-17-19-25(20-18-24)37-22-26(38-23(2)34)21-33-28-16-13-12-15-27(28)29(31(35)36)30(33)32(3,4)5/h12-13,15-20,26H,6-11,14,21-22H2,1-5H3,(H,35,36). The molecule has 0 aliphatic rings. The number of carboxylic acid groups (broad SMARTS) is 1. The van der Waals surface area contributed by atoms with E-state index in [1.165, 1.54) is 51.0 Å². The van der Waals surface area contributed by atoms with Crippen LogP contribution in [-0.2, 0) is 27.9 Å². The highest BCUT2D eigenvalue weighted by molar-refractivity contribution is 6.05. The van der Waals surface area contributed by atoms with Crippen molar-refractivity contribution in [1.82, 2.24) is 4.57 Å². The topological polar surface area (TPSA) is 77.8 Å². The molecule has 0 bridgehead atoms. The summed E-state index contributed by atoms with van der Waals surface area (Å²) in [6.45, 7) is 10.0. The second-order valence-corrected chi connectivity index (χ2v) is 11.1. The van der Waals surface area contributed by atoms with E-state index < -0.39 is 23.5 Å². The van der Waals surface area contributed by atoms with Crippen molar-refractivity contribution in [3.63, 3.8) is 0 Å². The Balaban J connectivity index is 1.74. The number of hydrogen-bond donors (Lipinski definition) is 1. The molecule has 1 N–H and O–H groups in total. The lowest BCUT2D eigenvalue weighted by atomic mass is 9.88. The first kappa shape index (κ1) is 29.3. The van der Waals surface area contributed by atoms with E-state index in [-0.39, 0.29) is 18.7 Å². The van der Waals surface area contributed by atoms with Gasteiger partial charge in [0.1, 0.15) is 12.4 Å². The van der Waals surface area contributed by atoms with E-state index in [1.807, 2.05) is 61.7 Å². The molecular formula is C32H43NO5. The Morgan fingerprint density at radius 2 is 1.61 bits per heavy atom. The van der Waals surface area contributed by atoms with E-state index in [9.17, 15) is 14.7 Å². The van der Waals surface area contributed by atoms with Crippen LogP contribution in [0.15, 0.2) is 48.5 Å². The van der Waals surface area contributed by atoms with Crippen LogP contribution >= 0.6 is 0 Å². The van der Waals surface area contributed by atoms with Crippen LogP contribution in [0.25, 0.3) is 10.9 Å². The summed E-state index contributed by atoms with van der Waals surface area (Å²) in [7, 11) is 0. The highest BCUT2D eigenvalue weighted by Gasteiger charge is 2.31. The van der Waals surface area contributed by atoms with Gasteiger partial charge in [-0.25, -0.2) is 4.79 Å². The number of ether oxygens (including phenoxy) is 2. The number of para-hydroxylation sites is 1. The Labute approximate surface area is 227 Å².